The fourth-order valence-corrected chi connectivity index (χ4v) is 3.91. The van der Waals surface area contributed by atoms with Gasteiger partial charge in [-0.25, -0.2) is 9.50 Å². The maximum atomic E-state index is 12.7. The number of fused-ring (bicyclic) bond motifs is 1. The zero-order valence-electron chi connectivity index (χ0n) is 19.7. The number of hydrogen-bond donors (Lipinski definition) is 1. The number of pyridine rings is 1. The topological polar surface area (TPSA) is 111 Å². The first-order chi connectivity index (χ1) is 17.7. The smallest absolute Gasteiger partial charge is 0.372 e. The molecule has 13 heteroatoms. The van der Waals surface area contributed by atoms with Crippen molar-refractivity contribution in [1.29, 1.82) is 0 Å². The first kappa shape index (κ1) is 24.3. The van der Waals surface area contributed by atoms with Crippen molar-refractivity contribution in [1.82, 2.24) is 24.7 Å². The number of halogens is 3. The Kier molecular flexibility index (Phi) is 6.26. The van der Waals surface area contributed by atoms with E-state index in [1.807, 2.05) is 26.0 Å². The van der Waals surface area contributed by atoms with Crippen LogP contribution in [0.3, 0.4) is 0 Å². The van der Waals surface area contributed by atoms with Crippen LogP contribution >= 0.6 is 0 Å². The number of imidazole rings is 1. The Hall–Kier alpha value is -4.44. The molecule has 0 aliphatic carbocycles. The molecule has 10 nitrogen and oxygen atoms in total. The van der Waals surface area contributed by atoms with Crippen LogP contribution in [0, 0.1) is 11.8 Å². The van der Waals surface area contributed by atoms with E-state index < -0.39 is 17.8 Å². The lowest BCUT2D eigenvalue weighted by Gasteiger charge is -2.35. The molecule has 0 aromatic carbocycles. The normalized spacial score (nSPS) is 17.9. The number of amides is 1. The summed E-state index contributed by atoms with van der Waals surface area (Å²) in [6.07, 6.45) is -0.235. The summed E-state index contributed by atoms with van der Waals surface area (Å²) in [4.78, 5) is 23.0. The van der Waals surface area contributed by atoms with Gasteiger partial charge in [0.15, 0.2) is 11.5 Å². The van der Waals surface area contributed by atoms with Gasteiger partial charge in [0.1, 0.15) is 11.5 Å². The number of ether oxygens (including phenoxy) is 1. The van der Waals surface area contributed by atoms with Crippen LogP contribution in [0.2, 0.25) is 0 Å². The summed E-state index contributed by atoms with van der Waals surface area (Å²) >= 11 is 0. The zero-order valence-corrected chi connectivity index (χ0v) is 19.7. The molecule has 4 aromatic rings. The van der Waals surface area contributed by atoms with Crippen molar-refractivity contribution in [3.05, 3.63) is 65.4 Å². The summed E-state index contributed by atoms with van der Waals surface area (Å²) in [6, 6.07) is 5.82. The first-order valence-corrected chi connectivity index (χ1v) is 11.2. The highest BCUT2D eigenvalue weighted by Gasteiger charge is 2.36. The molecule has 1 aliphatic rings. The van der Waals surface area contributed by atoms with Crippen molar-refractivity contribution in [2.24, 2.45) is 0 Å². The van der Waals surface area contributed by atoms with Gasteiger partial charge in [-0.2, -0.15) is 13.2 Å². The molecule has 1 aliphatic heterocycles. The summed E-state index contributed by atoms with van der Waals surface area (Å²) in [6.45, 7) is 5.46. The quantitative estimate of drug-likeness (QED) is 0.417. The molecule has 5 heterocycles. The van der Waals surface area contributed by atoms with Crippen LogP contribution < -0.4 is 10.2 Å². The maximum Gasteiger partial charge on any atom is 0.452 e. The number of nitrogens with one attached hydrogen (secondary N) is 1. The van der Waals surface area contributed by atoms with Crippen LogP contribution in [0.4, 0.5) is 24.8 Å². The lowest BCUT2D eigenvalue weighted by molar-refractivity contribution is -0.155. The number of nitrogens with zero attached hydrogens (tertiary/aromatic N) is 6. The van der Waals surface area contributed by atoms with Gasteiger partial charge in [-0.1, -0.05) is 11.1 Å². The minimum atomic E-state index is -4.71. The molecule has 1 N–H and O–H groups in total. The Balaban J connectivity index is 1.35. The van der Waals surface area contributed by atoms with Gasteiger partial charge in [0.05, 0.1) is 24.0 Å². The fraction of sp³-hybridized carbons (Fsp3) is 0.292. The Bertz CT molecular complexity index is 1510. The highest BCUT2D eigenvalue weighted by molar-refractivity contribution is 6.03. The minimum absolute atomic E-state index is 0.0799. The number of aromatic nitrogens is 5. The predicted molar refractivity (Wildman–Crippen MR) is 125 cm³/mol. The van der Waals surface area contributed by atoms with Crippen LogP contribution in [0.15, 0.2) is 47.4 Å². The molecule has 2 atom stereocenters. The summed E-state index contributed by atoms with van der Waals surface area (Å²) in [5, 5.41) is 10.2. The molecule has 37 heavy (non-hydrogen) atoms. The van der Waals surface area contributed by atoms with Gasteiger partial charge in [-0.15, -0.1) is 5.10 Å². The molecule has 4 aromatic heterocycles. The summed E-state index contributed by atoms with van der Waals surface area (Å²) in [5.41, 5.74) is 1.64. The Morgan fingerprint density at radius 2 is 1.89 bits per heavy atom. The molecular weight excluding hydrogens is 491 g/mol. The van der Waals surface area contributed by atoms with Crippen LogP contribution in [0.5, 0.6) is 0 Å². The molecule has 190 valence electrons. The SMILES string of the molecule is C[C@@H]1CN(c2ccc3ncc(C#Cc4cncc(C(=O)Nc5cc(C(F)(F)F)on5)c4)n3n2)C[C@H](C)O1. The first-order valence-electron chi connectivity index (χ1n) is 11.2. The van der Waals surface area contributed by atoms with E-state index in [2.05, 4.69) is 41.7 Å². The van der Waals surface area contributed by atoms with Crippen LogP contribution in [-0.4, -0.2) is 55.9 Å². The molecule has 0 unspecified atom stereocenters. The van der Waals surface area contributed by atoms with Crippen molar-refractivity contribution in [2.45, 2.75) is 32.2 Å². The van der Waals surface area contributed by atoms with Crippen molar-refractivity contribution >= 4 is 23.2 Å². The largest absolute Gasteiger partial charge is 0.452 e. The maximum absolute atomic E-state index is 12.7. The Labute approximate surface area is 208 Å². The van der Waals surface area contributed by atoms with E-state index in [0.29, 0.717) is 36.1 Å². The van der Waals surface area contributed by atoms with Crippen molar-refractivity contribution in [3.8, 4) is 11.8 Å². The highest BCUT2D eigenvalue weighted by Crippen LogP contribution is 2.30. The zero-order chi connectivity index (χ0) is 26.2. The third-order valence-corrected chi connectivity index (χ3v) is 5.46. The van der Waals surface area contributed by atoms with Gasteiger partial charge in [0.25, 0.3) is 5.91 Å². The molecule has 0 saturated carbocycles. The molecule has 5 rings (SSSR count). The van der Waals surface area contributed by atoms with E-state index in [9.17, 15) is 18.0 Å². The molecular formula is C24H20F3N7O3. The molecule has 1 fully saturated rings. The number of morpholine rings is 1. The Morgan fingerprint density at radius 1 is 1.11 bits per heavy atom. The number of anilines is 2. The van der Waals surface area contributed by atoms with E-state index in [4.69, 9.17) is 9.84 Å². The van der Waals surface area contributed by atoms with E-state index in [1.54, 1.807) is 10.7 Å². The fourth-order valence-electron chi connectivity index (χ4n) is 3.91. The number of carbonyl (C=O) groups excluding carboxylic acids is 1. The molecule has 1 amide bonds. The van der Waals surface area contributed by atoms with Crippen LogP contribution in [0.25, 0.3) is 5.65 Å². The van der Waals surface area contributed by atoms with Gasteiger partial charge in [-0.05, 0) is 38.0 Å². The number of rotatable bonds is 3. The van der Waals surface area contributed by atoms with Gasteiger partial charge in [-0.3, -0.25) is 9.78 Å². The second kappa shape index (κ2) is 9.55. The number of alkyl halides is 3. The van der Waals surface area contributed by atoms with Crippen molar-refractivity contribution in [3.63, 3.8) is 0 Å². The third kappa shape index (κ3) is 5.39. The third-order valence-electron chi connectivity index (χ3n) is 5.46. The lowest BCUT2D eigenvalue weighted by Crippen LogP contribution is -2.46. The Morgan fingerprint density at radius 3 is 2.62 bits per heavy atom. The second-order valence-electron chi connectivity index (χ2n) is 8.51. The lowest BCUT2D eigenvalue weighted by atomic mass is 10.2. The van der Waals surface area contributed by atoms with Crippen LogP contribution in [0.1, 0.15) is 41.2 Å². The van der Waals surface area contributed by atoms with E-state index >= 15 is 0 Å². The summed E-state index contributed by atoms with van der Waals surface area (Å²) in [7, 11) is 0. The molecule has 0 bridgehead atoms. The van der Waals surface area contributed by atoms with E-state index in [1.165, 1.54) is 18.5 Å². The average molecular weight is 511 g/mol. The molecule has 1 saturated heterocycles. The molecule has 0 radical (unpaired) electrons. The van der Waals surface area contributed by atoms with Crippen molar-refractivity contribution in [2.75, 3.05) is 23.3 Å². The molecule has 0 spiro atoms. The monoisotopic (exact) mass is 511 g/mol. The van der Waals surface area contributed by atoms with Gasteiger partial charge in [0.2, 0.25) is 5.76 Å². The predicted octanol–water partition coefficient (Wildman–Crippen LogP) is 3.40. The van der Waals surface area contributed by atoms with Crippen molar-refractivity contribution < 1.29 is 27.2 Å². The van der Waals surface area contributed by atoms with Crippen LogP contribution in [-0.2, 0) is 10.9 Å². The van der Waals surface area contributed by atoms with Gasteiger partial charge in [0, 0.05) is 37.1 Å². The minimum Gasteiger partial charge on any atom is -0.372 e. The summed E-state index contributed by atoms with van der Waals surface area (Å²) in [5.74, 6) is 4.29. The van der Waals surface area contributed by atoms with E-state index in [0.717, 1.165) is 5.82 Å². The number of hydrogen-bond acceptors (Lipinski definition) is 8. The van der Waals surface area contributed by atoms with Gasteiger partial charge < -0.3 is 19.5 Å². The summed E-state index contributed by atoms with van der Waals surface area (Å²) < 4.78 is 49.7. The van der Waals surface area contributed by atoms with E-state index in [-0.39, 0.29) is 23.6 Å². The average Bonchev–Trinajstić information content (AvgIpc) is 3.49. The number of carbonyl (C=O) groups is 1. The van der Waals surface area contributed by atoms with Gasteiger partial charge >= 0.3 is 6.18 Å². The second-order valence-corrected chi connectivity index (χ2v) is 8.51. The standard InChI is InChI=1S/C24H20F3N7O3/c1-14-12-33(13-15(2)36-14)22-6-5-21-29-11-18(34(21)31-22)4-3-16-7-17(10-28-9-16)23(35)30-20-8-19(37-32-20)24(25,26)27/h5-11,14-15H,12-13H2,1-2H3,(H,30,32,35)/t14-,15+. The highest BCUT2D eigenvalue weighted by atomic mass is 19.4.